The monoisotopic (exact) mass is 407 g/mol. The number of aryl methyl sites for hydroxylation is 3. The Hall–Kier alpha value is -2.23. The number of ether oxygens (including phenoxy) is 1. The number of nitrogens with zero attached hydrogens (tertiary/aromatic N) is 2. The molecule has 9 heteroatoms. The largest absolute Gasteiger partial charge is 0.377 e. The Bertz CT molecular complexity index is 911. The van der Waals surface area contributed by atoms with Gasteiger partial charge in [0.05, 0.1) is 17.5 Å². The van der Waals surface area contributed by atoms with E-state index in [1.54, 1.807) is 13.8 Å². The number of benzene rings is 1. The van der Waals surface area contributed by atoms with Crippen molar-refractivity contribution in [3.63, 3.8) is 0 Å². The molecule has 1 atom stereocenters. The zero-order valence-electron chi connectivity index (χ0n) is 16.3. The Morgan fingerprint density at radius 1 is 1.29 bits per heavy atom. The molecule has 0 aliphatic carbocycles. The Kier molecular flexibility index (Phi) is 6.17. The van der Waals surface area contributed by atoms with Crippen LogP contribution in [0.4, 0.5) is 5.82 Å². The van der Waals surface area contributed by atoms with Gasteiger partial charge in [-0.1, -0.05) is 22.9 Å². The van der Waals surface area contributed by atoms with Crippen LogP contribution in [-0.4, -0.2) is 49.6 Å². The summed E-state index contributed by atoms with van der Waals surface area (Å²) in [5.41, 5.74) is 2.31. The van der Waals surface area contributed by atoms with Crippen LogP contribution in [0.2, 0.25) is 0 Å². The molecule has 3 rings (SSSR count). The van der Waals surface area contributed by atoms with Crippen molar-refractivity contribution in [3.8, 4) is 0 Å². The summed E-state index contributed by atoms with van der Waals surface area (Å²) in [5, 5.41) is 6.17. The van der Waals surface area contributed by atoms with E-state index in [4.69, 9.17) is 9.26 Å². The summed E-state index contributed by atoms with van der Waals surface area (Å²) in [6.45, 7) is 5.86. The first-order chi connectivity index (χ1) is 13.3. The third-order valence-electron chi connectivity index (χ3n) is 4.66. The fraction of sp³-hybridized carbons (Fsp3) is 0.474. The van der Waals surface area contributed by atoms with E-state index in [0.717, 1.165) is 18.4 Å². The van der Waals surface area contributed by atoms with E-state index in [-0.39, 0.29) is 29.9 Å². The third kappa shape index (κ3) is 4.60. The molecule has 1 amide bonds. The highest BCUT2D eigenvalue weighted by atomic mass is 32.2. The molecular weight excluding hydrogens is 382 g/mol. The topological polar surface area (TPSA) is 102 Å². The van der Waals surface area contributed by atoms with Gasteiger partial charge in [-0.2, -0.15) is 4.31 Å². The van der Waals surface area contributed by atoms with Crippen molar-refractivity contribution in [3.05, 3.63) is 41.2 Å². The number of amides is 1. The van der Waals surface area contributed by atoms with Crippen LogP contribution in [0.15, 0.2) is 33.9 Å². The minimum Gasteiger partial charge on any atom is -0.377 e. The van der Waals surface area contributed by atoms with Gasteiger partial charge in [0.1, 0.15) is 6.26 Å². The maximum absolute atomic E-state index is 13.5. The Balaban J connectivity index is 1.89. The van der Waals surface area contributed by atoms with Crippen molar-refractivity contribution in [1.82, 2.24) is 9.46 Å². The molecule has 0 spiro atoms. The van der Waals surface area contributed by atoms with E-state index in [0.29, 0.717) is 17.7 Å². The smallest absolute Gasteiger partial charge is 0.244 e. The molecule has 1 aromatic carbocycles. The molecule has 1 saturated heterocycles. The second-order valence-corrected chi connectivity index (χ2v) is 8.97. The molecule has 1 N–H and O–H groups in total. The Morgan fingerprint density at radius 3 is 2.57 bits per heavy atom. The minimum absolute atomic E-state index is 0.126. The van der Waals surface area contributed by atoms with Crippen LogP contribution in [0.25, 0.3) is 0 Å². The number of carbonyl (C=O) groups is 1. The highest BCUT2D eigenvalue weighted by Crippen LogP contribution is 2.26. The predicted molar refractivity (Wildman–Crippen MR) is 104 cm³/mol. The number of rotatable bonds is 7. The first-order valence-electron chi connectivity index (χ1n) is 9.17. The molecule has 2 aromatic rings. The molecular formula is C19H25N3O5S. The number of carbonyl (C=O) groups excluding carboxylic acids is 1. The molecule has 0 radical (unpaired) electrons. The van der Waals surface area contributed by atoms with Crippen LogP contribution in [0.3, 0.4) is 0 Å². The van der Waals surface area contributed by atoms with Crippen molar-refractivity contribution in [2.45, 2.75) is 44.6 Å². The maximum Gasteiger partial charge on any atom is 0.244 e. The van der Waals surface area contributed by atoms with E-state index < -0.39 is 15.9 Å². The highest BCUT2D eigenvalue weighted by molar-refractivity contribution is 7.89. The van der Waals surface area contributed by atoms with Crippen molar-refractivity contribution >= 4 is 21.7 Å². The van der Waals surface area contributed by atoms with Crippen LogP contribution in [0.1, 0.15) is 29.5 Å². The standard InChI is InChI=1S/C19H25N3O5S/c1-13-9-14(2)19(15(3)10-13)28(24,25)22(11-16-5-4-7-26-16)12-18(23)20-17-6-8-27-21-17/h6,8-10,16H,4-5,7,11-12H2,1-3H3,(H,20,21,23). The fourth-order valence-corrected chi connectivity index (χ4v) is 5.42. The second kappa shape index (κ2) is 8.42. The van der Waals surface area contributed by atoms with Gasteiger partial charge in [-0.3, -0.25) is 4.79 Å². The van der Waals surface area contributed by atoms with Gasteiger partial charge in [0.2, 0.25) is 15.9 Å². The average molecular weight is 407 g/mol. The summed E-state index contributed by atoms with van der Waals surface area (Å²) in [5.74, 6) is -0.250. The first-order valence-corrected chi connectivity index (χ1v) is 10.6. The average Bonchev–Trinajstić information content (AvgIpc) is 3.26. The van der Waals surface area contributed by atoms with Crippen molar-refractivity contribution in [1.29, 1.82) is 0 Å². The minimum atomic E-state index is -3.89. The molecule has 0 saturated carbocycles. The molecule has 28 heavy (non-hydrogen) atoms. The Labute approximate surface area is 164 Å². The van der Waals surface area contributed by atoms with Crippen molar-refractivity contribution < 1.29 is 22.5 Å². The number of hydrogen-bond acceptors (Lipinski definition) is 6. The lowest BCUT2D eigenvalue weighted by molar-refractivity contribution is -0.116. The number of aromatic nitrogens is 1. The van der Waals surface area contributed by atoms with Gasteiger partial charge >= 0.3 is 0 Å². The zero-order chi connectivity index (χ0) is 20.3. The van der Waals surface area contributed by atoms with E-state index >= 15 is 0 Å². The summed E-state index contributed by atoms with van der Waals surface area (Å²) in [4.78, 5) is 12.7. The van der Waals surface area contributed by atoms with Gasteiger partial charge in [0, 0.05) is 19.2 Å². The van der Waals surface area contributed by atoms with E-state index in [2.05, 4.69) is 10.5 Å². The number of anilines is 1. The van der Waals surface area contributed by atoms with Gasteiger partial charge in [0.15, 0.2) is 5.82 Å². The molecule has 1 fully saturated rings. The third-order valence-corrected chi connectivity index (χ3v) is 6.78. The van der Waals surface area contributed by atoms with Crippen molar-refractivity contribution in [2.24, 2.45) is 0 Å². The number of hydrogen-bond donors (Lipinski definition) is 1. The molecule has 0 bridgehead atoms. The lowest BCUT2D eigenvalue weighted by atomic mass is 10.1. The van der Waals surface area contributed by atoms with E-state index in [9.17, 15) is 13.2 Å². The first kappa shape index (κ1) is 20.5. The zero-order valence-corrected chi connectivity index (χ0v) is 17.1. The number of nitrogens with one attached hydrogen (secondary N) is 1. The normalized spacial score (nSPS) is 17.2. The van der Waals surface area contributed by atoms with Crippen LogP contribution in [0.5, 0.6) is 0 Å². The SMILES string of the molecule is Cc1cc(C)c(S(=O)(=O)N(CC(=O)Nc2ccon2)CC2CCCO2)c(C)c1. The van der Waals surface area contributed by atoms with Gasteiger partial charge in [-0.15, -0.1) is 0 Å². The van der Waals surface area contributed by atoms with Crippen LogP contribution in [0, 0.1) is 20.8 Å². The predicted octanol–water partition coefficient (Wildman–Crippen LogP) is 2.41. The molecule has 2 heterocycles. The molecule has 152 valence electrons. The van der Waals surface area contributed by atoms with Gasteiger partial charge in [0.25, 0.3) is 0 Å². The second-order valence-electron chi connectivity index (χ2n) is 7.09. The highest BCUT2D eigenvalue weighted by Gasteiger charge is 2.33. The van der Waals surface area contributed by atoms with E-state index in [1.165, 1.54) is 16.6 Å². The molecule has 1 aliphatic heterocycles. The molecule has 1 unspecified atom stereocenters. The summed E-state index contributed by atoms with van der Waals surface area (Å²) in [6.07, 6.45) is 2.76. The summed E-state index contributed by atoms with van der Waals surface area (Å²) < 4.78 is 38.4. The maximum atomic E-state index is 13.5. The summed E-state index contributed by atoms with van der Waals surface area (Å²) in [7, 11) is -3.89. The van der Waals surface area contributed by atoms with Crippen molar-refractivity contribution in [2.75, 3.05) is 25.0 Å². The van der Waals surface area contributed by atoms with Gasteiger partial charge < -0.3 is 14.6 Å². The fourth-order valence-electron chi connectivity index (χ4n) is 3.59. The quantitative estimate of drug-likeness (QED) is 0.756. The van der Waals surface area contributed by atoms with Gasteiger partial charge in [-0.05, 0) is 44.7 Å². The van der Waals surface area contributed by atoms with Crippen LogP contribution in [-0.2, 0) is 19.6 Å². The lowest BCUT2D eigenvalue weighted by Crippen LogP contribution is -2.42. The molecule has 1 aliphatic rings. The summed E-state index contributed by atoms with van der Waals surface area (Å²) >= 11 is 0. The van der Waals surface area contributed by atoms with E-state index in [1.807, 2.05) is 19.1 Å². The Morgan fingerprint density at radius 2 is 2.00 bits per heavy atom. The molecule has 8 nitrogen and oxygen atoms in total. The summed E-state index contributed by atoms with van der Waals surface area (Å²) in [6, 6.07) is 5.16. The molecule has 1 aromatic heterocycles. The number of sulfonamides is 1. The van der Waals surface area contributed by atoms with Crippen LogP contribution < -0.4 is 5.32 Å². The van der Waals surface area contributed by atoms with Gasteiger partial charge in [-0.25, -0.2) is 8.42 Å². The van der Waals surface area contributed by atoms with Crippen LogP contribution >= 0.6 is 0 Å². The lowest BCUT2D eigenvalue weighted by Gasteiger charge is -2.26.